The molecule has 6 heteroatoms. The molecule has 0 atom stereocenters. The predicted molar refractivity (Wildman–Crippen MR) is 105 cm³/mol. The molecule has 0 saturated heterocycles. The van der Waals surface area contributed by atoms with Crippen molar-refractivity contribution in [2.24, 2.45) is 5.16 Å². The fourth-order valence-electron chi connectivity index (χ4n) is 3.27. The van der Waals surface area contributed by atoms with Crippen LogP contribution in [0, 0.1) is 0 Å². The van der Waals surface area contributed by atoms with Gasteiger partial charge in [0.1, 0.15) is 5.82 Å². The van der Waals surface area contributed by atoms with Gasteiger partial charge in [-0.2, -0.15) is 0 Å². The maximum absolute atomic E-state index is 12.1. The molecule has 0 amide bonds. The molecule has 3 aromatic rings. The Labute approximate surface area is 158 Å². The standard InChI is InChI=1S/C21H23N3O3/c1-3-4-9-20-22-12-16(13-23-26)24(20)14-15-10-11-19(21(25)27-2)18-8-6-5-7-17(15)18/h5-8,10-13,26H,3-4,9,14H2,1-2H3. The van der Waals surface area contributed by atoms with E-state index >= 15 is 0 Å². The number of aryl methyl sites for hydroxylation is 1. The molecule has 0 saturated carbocycles. The van der Waals surface area contributed by atoms with E-state index in [1.807, 2.05) is 30.3 Å². The third-order valence-corrected chi connectivity index (χ3v) is 4.66. The largest absolute Gasteiger partial charge is 0.465 e. The average molecular weight is 365 g/mol. The Morgan fingerprint density at radius 2 is 2.04 bits per heavy atom. The van der Waals surface area contributed by atoms with E-state index in [2.05, 4.69) is 21.6 Å². The summed E-state index contributed by atoms with van der Waals surface area (Å²) in [6, 6.07) is 11.5. The van der Waals surface area contributed by atoms with Crippen molar-refractivity contribution in [3.05, 3.63) is 65.2 Å². The summed E-state index contributed by atoms with van der Waals surface area (Å²) in [6.45, 7) is 2.71. The van der Waals surface area contributed by atoms with Gasteiger partial charge in [-0.1, -0.05) is 48.8 Å². The van der Waals surface area contributed by atoms with Crippen LogP contribution < -0.4 is 0 Å². The summed E-state index contributed by atoms with van der Waals surface area (Å²) in [6.07, 6.45) is 6.08. The number of ether oxygens (including phenoxy) is 1. The van der Waals surface area contributed by atoms with Crippen LogP contribution in [0.3, 0.4) is 0 Å². The van der Waals surface area contributed by atoms with Gasteiger partial charge >= 0.3 is 5.97 Å². The van der Waals surface area contributed by atoms with Gasteiger partial charge in [0, 0.05) is 13.0 Å². The van der Waals surface area contributed by atoms with Crippen LogP contribution >= 0.6 is 0 Å². The van der Waals surface area contributed by atoms with Gasteiger partial charge in [-0.05, 0) is 28.8 Å². The zero-order valence-corrected chi connectivity index (χ0v) is 15.6. The first-order chi connectivity index (χ1) is 13.2. The van der Waals surface area contributed by atoms with Gasteiger partial charge in [-0.3, -0.25) is 0 Å². The molecule has 1 aromatic heterocycles. The van der Waals surface area contributed by atoms with E-state index in [0.29, 0.717) is 12.1 Å². The lowest BCUT2D eigenvalue weighted by Crippen LogP contribution is -2.10. The third kappa shape index (κ3) is 3.84. The van der Waals surface area contributed by atoms with E-state index in [0.717, 1.165) is 47.1 Å². The highest BCUT2D eigenvalue weighted by Gasteiger charge is 2.15. The maximum Gasteiger partial charge on any atom is 0.338 e. The number of aromatic nitrogens is 2. The molecule has 0 aliphatic carbocycles. The number of esters is 1. The molecule has 1 heterocycles. The number of benzene rings is 2. The van der Waals surface area contributed by atoms with Crippen LogP contribution in [-0.2, 0) is 17.7 Å². The Kier molecular flexibility index (Phi) is 5.86. The van der Waals surface area contributed by atoms with Gasteiger partial charge in [0.25, 0.3) is 0 Å². The zero-order chi connectivity index (χ0) is 19.2. The molecule has 0 spiro atoms. The number of imidazole rings is 1. The lowest BCUT2D eigenvalue weighted by molar-refractivity contribution is 0.0603. The van der Waals surface area contributed by atoms with Crippen molar-refractivity contribution in [3.63, 3.8) is 0 Å². The number of carbonyl (C=O) groups is 1. The Hall–Kier alpha value is -3.15. The molecule has 2 aromatic carbocycles. The Balaban J connectivity index is 2.07. The molecule has 3 rings (SSSR count). The number of unbranched alkanes of at least 4 members (excludes halogenated alkanes) is 1. The molecule has 140 valence electrons. The van der Waals surface area contributed by atoms with E-state index in [9.17, 15) is 4.79 Å². The molecule has 6 nitrogen and oxygen atoms in total. The van der Waals surface area contributed by atoms with Gasteiger partial charge in [-0.25, -0.2) is 9.78 Å². The highest BCUT2D eigenvalue weighted by Crippen LogP contribution is 2.25. The molecule has 0 unspecified atom stereocenters. The minimum absolute atomic E-state index is 0.350. The normalized spacial score (nSPS) is 11.3. The summed E-state index contributed by atoms with van der Waals surface area (Å²) in [4.78, 5) is 16.6. The molecular weight excluding hydrogens is 342 g/mol. The van der Waals surface area contributed by atoms with Crippen molar-refractivity contribution in [2.45, 2.75) is 32.7 Å². The minimum Gasteiger partial charge on any atom is -0.465 e. The quantitative estimate of drug-likeness (QED) is 0.297. The summed E-state index contributed by atoms with van der Waals surface area (Å²) < 4.78 is 6.96. The van der Waals surface area contributed by atoms with E-state index in [1.54, 1.807) is 12.3 Å². The van der Waals surface area contributed by atoms with Crippen LogP contribution in [0.1, 0.15) is 47.2 Å². The number of hydrogen-bond donors (Lipinski definition) is 1. The Morgan fingerprint density at radius 3 is 2.74 bits per heavy atom. The second kappa shape index (κ2) is 8.49. The molecule has 1 N–H and O–H groups in total. The number of oxime groups is 1. The lowest BCUT2D eigenvalue weighted by atomic mass is 9.99. The molecule has 0 fully saturated rings. The number of nitrogens with zero attached hydrogens (tertiary/aromatic N) is 3. The van der Waals surface area contributed by atoms with Crippen LogP contribution in [0.15, 0.2) is 47.8 Å². The predicted octanol–water partition coefficient (Wildman–Crippen LogP) is 4.02. The van der Waals surface area contributed by atoms with Crippen molar-refractivity contribution in [1.82, 2.24) is 9.55 Å². The fourth-order valence-corrected chi connectivity index (χ4v) is 3.27. The van der Waals surface area contributed by atoms with Crippen LogP contribution in [0.4, 0.5) is 0 Å². The molecule has 0 bridgehead atoms. The van der Waals surface area contributed by atoms with Crippen LogP contribution in [-0.4, -0.2) is 34.1 Å². The van der Waals surface area contributed by atoms with Gasteiger partial charge in [-0.15, -0.1) is 0 Å². The van der Waals surface area contributed by atoms with Crippen molar-refractivity contribution in [2.75, 3.05) is 7.11 Å². The summed E-state index contributed by atoms with van der Waals surface area (Å²) in [5, 5.41) is 14.0. The van der Waals surface area contributed by atoms with Gasteiger partial charge in [0.2, 0.25) is 0 Å². The smallest absolute Gasteiger partial charge is 0.338 e. The molecule has 0 radical (unpaired) electrons. The first kappa shape index (κ1) is 18.6. The number of rotatable bonds is 7. The monoisotopic (exact) mass is 365 g/mol. The molecule has 0 aliphatic heterocycles. The molecule has 0 aliphatic rings. The van der Waals surface area contributed by atoms with Gasteiger partial charge < -0.3 is 14.5 Å². The van der Waals surface area contributed by atoms with E-state index in [1.165, 1.54) is 13.3 Å². The van der Waals surface area contributed by atoms with E-state index in [-0.39, 0.29) is 5.97 Å². The van der Waals surface area contributed by atoms with E-state index < -0.39 is 0 Å². The highest BCUT2D eigenvalue weighted by atomic mass is 16.5. The number of fused-ring (bicyclic) bond motifs is 1. The van der Waals surface area contributed by atoms with Gasteiger partial charge in [0.05, 0.1) is 30.8 Å². The van der Waals surface area contributed by atoms with Crippen molar-refractivity contribution >= 4 is 23.0 Å². The van der Waals surface area contributed by atoms with E-state index in [4.69, 9.17) is 9.94 Å². The van der Waals surface area contributed by atoms with Crippen molar-refractivity contribution in [3.8, 4) is 0 Å². The average Bonchev–Trinajstić information content (AvgIpc) is 3.07. The fraction of sp³-hybridized carbons (Fsp3) is 0.286. The zero-order valence-electron chi connectivity index (χ0n) is 15.6. The summed E-state index contributed by atoms with van der Waals surface area (Å²) in [5.74, 6) is 0.602. The molecule has 27 heavy (non-hydrogen) atoms. The van der Waals surface area contributed by atoms with Crippen LogP contribution in [0.2, 0.25) is 0 Å². The number of methoxy groups -OCH3 is 1. The van der Waals surface area contributed by atoms with Gasteiger partial charge in [0.15, 0.2) is 0 Å². The SMILES string of the molecule is CCCCc1ncc(C=NO)n1Cc1ccc(C(=O)OC)c2ccccc12. The summed E-state index contributed by atoms with van der Waals surface area (Å²) in [5.41, 5.74) is 2.34. The number of carbonyl (C=O) groups excluding carboxylic acids is 1. The maximum atomic E-state index is 12.1. The number of hydrogen-bond acceptors (Lipinski definition) is 5. The Bertz CT molecular complexity index is 976. The second-order valence-electron chi connectivity index (χ2n) is 6.34. The van der Waals surface area contributed by atoms with Crippen LogP contribution in [0.5, 0.6) is 0 Å². The van der Waals surface area contributed by atoms with Crippen LogP contribution in [0.25, 0.3) is 10.8 Å². The first-order valence-corrected chi connectivity index (χ1v) is 9.00. The first-order valence-electron chi connectivity index (χ1n) is 9.00. The minimum atomic E-state index is -0.350. The molecular formula is C21H23N3O3. The second-order valence-corrected chi connectivity index (χ2v) is 6.34. The van der Waals surface area contributed by atoms with Crippen molar-refractivity contribution in [1.29, 1.82) is 0 Å². The lowest BCUT2D eigenvalue weighted by Gasteiger charge is -2.14. The Morgan fingerprint density at radius 1 is 1.26 bits per heavy atom. The highest BCUT2D eigenvalue weighted by molar-refractivity contribution is 6.05. The topological polar surface area (TPSA) is 76.7 Å². The summed E-state index contributed by atoms with van der Waals surface area (Å²) >= 11 is 0. The summed E-state index contributed by atoms with van der Waals surface area (Å²) in [7, 11) is 1.39. The third-order valence-electron chi connectivity index (χ3n) is 4.66. The van der Waals surface area contributed by atoms with Crippen molar-refractivity contribution < 1.29 is 14.7 Å².